The van der Waals surface area contributed by atoms with Crippen LogP contribution in [0, 0.1) is 13.8 Å². The van der Waals surface area contributed by atoms with Gasteiger partial charge in [-0.1, -0.05) is 6.92 Å². The molecule has 8 nitrogen and oxygen atoms in total. The smallest absolute Gasteiger partial charge is 0.200 e. The summed E-state index contributed by atoms with van der Waals surface area (Å²) in [7, 11) is 0. The zero-order chi connectivity index (χ0) is 12.7. The molecular formula is C10H12N8. The monoisotopic (exact) mass is 244 g/mol. The first-order valence-electron chi connectivity index (χ1n) is 5.67. The third-order valence-electron chi connectivity index (χ3n) is 2.62. The maximum absolute atomic E-state index is 4.37. The van der Waals surface area contributed by atoms with E-state index in [0.29, 0.717) is 11.7 Å². The topological polar surface area (TPSA) is 86.7 Å². The van der Waals surface area contributed by atoms with Crippen molar-refractivity contribution >= 4 is 5.78 Å². The van der Waals surface area contributed by atoms with Gasteiger partial charge in [-0.05, 0) is 19.9 Å². The Bertz CT molecular complexity index is 710. The van der Waals surface area contributed by atoms with Crippen LogP contribution in [0.5, 0.6) is 0 Å². The van der Waals surface area contributed by atoms with Crippen LogP contribution in [-0.2, 0) is 6.42 Å². The van der Waals surface area contributed by atoms with Crippen molar-refractivity contribution in [3.05, 3.63) is 23.3 Å². The number of aryl methyl sites for hydroxylation is 3. The average molecular weight is 244 g/mol. The highest BCUT2D eigenvalue weighted by Crippen LogP contribution is 2.07. The van der Waals surface area contributed by atoms with Crippen LogP contribution in [0.15, 0.2) is 6.07 Å². The zero-order valence-electron chi connectivity index (χ0n) is 10.4. The first kappa shape index (κ1) is 10.8. The Hall–Kier alpha value is -2.38. The second kappa shape index (κ2) is 3.83. The third-order valence-corrected chi connectivity index (χ3v) is 2.62. The first-order valence-corrected chi connectivity index (χ1v) is 5.67. The standard InChI is InChI=1S/C10H12N8/c1-4-8-11-12-9-13-14-10(16-18(8)9)17-7(3)5-6(2)15-17/h5H,4H2,1-3H3. The molecule has 3 aromatic heterocycles. The summed E-state index contributed by atoms with van der Waals surface area (Å²) in [4.78, 5) is 0. The number of hydrogen-bond donors (Lipinski definition) is 0. The second-order valence-corrected chi connectivity index (χ2v) is 4.02. The first-order chi connectivity index (χ1) is 8.69. The molecule has 92 valence electrons. The van der Waals surface area contributed by atoms with Gasteiger partial charge in [0.1, 0.15) is 0 Å². The van der Waals surface area contributed by atoms with Crippen molar-refractivity contribution in [3.8, 4) is 5.95 Å². The van der Waals surface area contributed by atoms with E-state index in [1.165, 1.54) is 0 Å². The van der Waals surface area contributed by atoms with Crippen LogP contribution < -0.4 is 0 Å². The highest BCUT2D eigenvalue weighted by Gasteiger charge is 2.11. The Kier molecular flexibility index (Phi) is 2.29. The minimum Gasteiger partial charge on any atom is -0.200 e. The maximum Gasteiger partial charge on any atom is 0.290 e. The van der Waals surface area contributed by atoms with Gasteiger partial charge in [-0.3, -0.25) is 0 Å². The molecule has 0 aliphatic carbocycles. The van der Waals surface area contributed by atoms with Gasteiger partial charge in [-0.2, -0.15) is 9.61 Å². The van der Waals surface area contributed by atoms with Gasteiger partial charge in [0.2, 0.25) is 0 Å². The Morgan fingerprint density at radius 1 is 1.06 bits per heavy atom. The molecule has 3 rings (SSSR count). The van der Waals surface area contributed by atoms with Crippen LogP contribution in [0.2, 0.25) is 0 Å². The van der Waals surface area contributed by atoms with Crippen molar-refractivity contribution < 1.29 is 0 Å². The molecule has 0 aliphatic heterocycles. The van der Waals surface area contributed by atoms with Gasteiger partial charge in [-0.25, -0.2) is 4.68 Å². The van der Waals surface area contributed by atoms with Gasteiger partial charge in [-0.15, -0.1) is 25.5 Å². The predicted molar refractivity (Wildman–Crippen MR) is 62.3 cm³/mol. The molecule has 0 radical (unpaired) electrons. The van der Waals surface area contributed by atoms with Crippen molar-refractivity contribution in [1.29, 1.82) is 0 Å². The Morgan fingerprint density at radius 2 is 1.83 bits per heavy atom. The fourth-order valence-corrected chi connectivity index (χ4v) is 1.80. The Labute approximate surface area is 103 Å². The third kappa shape index (κ3) is 1.53. The molecule has 0 unspecified atom stereocenters. The van der Waals surface area contributed by atoms with Crippen LogP contribution in [0.4, 0.5) is 0 Å². The maximum atomic E-state index is 4.37. The molecule has 18 heavy (non-hydrogen) atoms. The molecule has 0 saturated carbocycles. The SMILES string of the molecule is CCc1nnc2nnc(-n3nc(C)cc3C)nn12. The van der Waals surface area contributed by atoms with E-state index in [9.17, 15) is 0 Å². The molecule has 0 bridgehead atoms. The number of rotatable bonds is 2. The summed E-state index contributed by atoms with van der Waals surface area (Å²) >= 11 is 0. The lowest BCUT2D eigenvalue weighted by Crippen LogP contribution is -2.11. The minimum atomic E-state index is 0.400. The van der Waals surface area contributed by atoms with Gasteiger partial charge in [0.05, 0.1) is 5.69 Å². The van der Waals surface area contributed by atoms with E-state index >= 15 is 0 Å². The fourth-order valence-electron chi connectivity index (χ4n) is 1.80. The molecular weight excluding hydrogens is 232 g/mol. The lowest BCUT2D eigenvalue weighted by atomic mass is 10.4. The predicted octanol–water partition coefficient (Wildman–Crippen LogP) is 0.279. The van der Waals surface area contributed by atoms with Crippen LogP contribution in [0.3, 0.4) is 0 Å². The highest BCUT2D eigenvalue weighted by molar-refractivity contribution is 5.25. The number of hydrogen-bond acceptors (Lipinski definition) is 6. The van der Waals surface area contributed by atoms with Gasteiger partial charge in [0, 0.05) is 12.1 Å². The van der Waals surface area contributed by atoms with Crippen LogP contribution in [0.1, 0.15) is 24.1 Å². The summed E-state index contributed by atoms with van der Waals surface area (Å²) in [6, 6.07) is 1.96. The number of fused-ring (bicyclic) bond motifs is 1. The molecule has 0 N–H and O–H groups in total. The van der Waals surface area contributed by atoms with Gasteiger partial charge < -0.3 is 0 Å². The Morgan fingerprint density at radius 3 is 2.50 bits per heavy atom. The summed E-state index contributed by atoms with van der Waals surface area (Å²) in [6.07, 6.45) is 0.733. The van der Waals surface area contributed by atoms with E-state index in [-0.39, 0.29) is 0 Å². The van der Waals surface area contributed by atoms with E-state index < -0.39 is 0 Å². The summed E-state index contributed by atoms with van der Waals surface area (Å²) in [5.41, 5.74) is 1.87. The molecule has 0 aliphatic rings. The van der Waals surface area contributed by atoms with Crippen molar-refractivity contribution in [2.45, 2.75) is 27.2 Å². The molecule has 8 heteroatoms. The molecule has 0 spiro atoms. The van der Waals surface area contributed by atoms with E-state index in [1.54, 1.807) is 9.20 Å². The van der Waals surface area contributed by atoms with E-state index in [1.807, 2.05) is 26.8 Å². The highest BCUT2D eigenvalue weighted by atomic mass is 15.5. The average Bonchev–Trinajstić information content (AvgIpc) is 2.91. The molecule has 0 aromatic carbocycles. The molecule has 3 aromatic rings. The molecule has 0 amide bonds. The molecule has 0 fully saturated rings. The summed E-state index contributed by atoms with van der Waals surface area (Å²) in [5, 5.41) is 24.6. The van der Waals surface area contributed by atoms with Gasteiger partial charge >= 0.3 is 0 Å². The quantitative estimate of drug-likeness (QED) is 0.643. The van der Waals surface area contributed by atoms with Crippen molar-refractivity contribution in [1.82, 2.24) is 39.8 Å². The lowest BCUT2D eigenvalue weighted by Gasteiger charge is -2.01. The largest absolute Gasteiger partial charge is 0.290 e. The van der Waals surface area contributed by atoms with E-state index in [0.717, 1.165) is 23.6 Å². The molecule has 3 heterocycles. The van der Waals surface area contributed by atoms with Gasteiger partial charge in [0.25, 0.3) is 11.7 Å². The molecule has 0 atom stereocenters. The van der Waals surface area contributed by atoms with Crippen LogP contribution >= 0.6 is 0 Å². The minimum absolute atomic E-state index is 0.400. The van der Waals surface area contributed by atoms with Crippen LogP contribution in [0.25, 0.3) is 11.7 Å². The van der Waals surface area contributed by atoms with Crippen molar-refractivity contribution in [3.63, 3.8) is 0 Å². The lowest BCUT2D eigenvalue weighted by molar-refractivity contribution is 0.685. The summed E-state index contributed by atoms with van der Waals surface area (Å²) in [6.45, 7) is 5.85. The van der Waals surface area contributed by atoms with Crippen molar-refractivity contribution in [2.75, 3.05) is 0 Å². The zero-order valence-corrected chi connectivity index (χ0v) is 10.4. The fraction of sp³-hybridized carbons (Fsp3) is 0.400. The van der Waals surface area contributed by atoms with E-state index in [4.69, 9.17) is 0 Å². The number of nitrogens with zero attached hydrogens (tertiary/aromatic N) is 8. The molecule has 0 saturated heterocycles. The van der Waals surface area contributed by atoms with Crippen molar-refractivity contribution in [2.24, 2.45) is 0 Å². The van der Waals surface area contributed by atoms with E-state index in [2.05, 4.69) is 30.6 Å². The second-order valence-electron chi connectivity index (χ2n) is 4.02. The Balaban J connectivity index is 2.20. The summed E-state index contributed by atoms with van der Waals surface area (Å²) < 4.78 is 3.25. The summed E-state index contributed by atoms with van der Waals surface area (Å²) in [5.74, 6) is 1.57. The number of aromatic nitrogens is 8. The van der Waals surface area contributed by atoms with Gasteiger partial charge in [0.15, 0.2) is 5.82 Å². The normalized spacial score (nSPS) is 11.3. The van der Waals surface area contributed by atoms with Crippen LogP contribution in [-0.4, -0.2) is 39.8 Å².